The van der Waals surface area contributed by atoms with Crippen LogP contribution in [0.15, 0.2) is 24.8 Å². The van der Waals surface area contributed by atoms with Gasteiger partial charge in [-0.05, 0) is 6.07 Å². The van der Waals surface area contributed by atoms with Crippen LogP contribution >= 0.6 is 11.6 Å². The maximum atomic E-state index is 11.9. The number of H-pyrrole nitrogens is 1. The minimum Gasteiger partial charge on any atom is -0.351 e. The summed E-state index contributed by atoms with van der Waals surface area (Å²) in [6, 6.07) is 1.26. The van der Waals surface area contributed by atoms with Crippen molar-refractivity contribution in [3.8, 4) is 0 Å². The molecule has 0 spiro atoms. The number of amides is 1. The van der Waals surface area contributed by atoms with Crippen LogP contribution in [0.25, 0.3) is 0 Å². The molecule has 2 aromatic heterocycles. The molecule has 104 valence electrons. The lowest BCUT2D eigenvalue weighted by molar-refractivity contribution is -0.385. The zero-order valence-electron chi connectivity index (χ0n) is 10.2. The summed E-state index contributed by atoms with van der Waals surface area (Å²) in [6.07, 6.45) is 4.96. The standard InChI is InChI=1S/C11H10ClN5O3/c12-10-9(17(19)20)8(2-4-14-10)11(18)15-3-1-7-5-13-6-16-7/h2,4-6H,1,3H2,(H,13,16)(H,15,18). The molecule has 0 bridgehead atoms. The second-order valence-electron chi connectivity index (χ2n) is 3.84. The molecule has 8 nitrogen and oxygen atoms in total. The number of rotatable bonds is 5. The van der Waals surface area contributed by atoms with Gasteiger partial charge in [-0.15, -0.1) is 0 Å². The number of carbonyl (C=O) groups excluding carboxylic acids is 1. The normalized spacial score (nSPS) is 10.2. The first-order chi connectivity index (χ1) is 9.59. The second kappa shape index (κ2) is 6.11. The van der Waals surface area contributed by atoms with Gasteiger partial charge in [-0.25, -0.2) is 9.97 Å². The van der Waals surface area contributed by atoms with Gasteiger partial charge in [0.1, 0.15) is 5.56 Å². The Balaban J connectivity index is 2.06. The van der Waals surface area contributed by atoms with Crippen molar-refractivity contribution in [2.75, 3.05) is 6.54 Å². The predicted octanol–water partition coefficient (Wildman–Crippen LogP) is 1.34. The minimum absolute atomic E-state index is 0.111. The van der Waals surface area contributed by atoms with Crippen LogP contribution in [0.1, 0.15) is 16.1 Å². The molecular formula is C11H10ClN5O3. The molecule has 0 atom stereocenters. The Morgan fingerprint density at radius 3 is 3.00 bits per heavy atom. The minimum atomic E-state index is -0.723. The monoisotopic (exact) mass is 295 g/mol. The molecule has 0 aliphatic carbocycles. The first kappa shape index (κ1) is 13.9. The number of aromatic amines is 1. The van der Waals surface area contributed by atoms with E-state index in [0.717, 1.165) is 5.69 Å². The summed E-state index contributed by atoms with van der Waals surface area (Å²) in [7, 11) is 0. The van der Waals surface area contributed by atoms with Crippen LogP contribution < -0.4 is 5.32 Å². The summed E-state index contributed by atoms with van der Waals surface area (Å²) < 4.78 is 0. The predicted molar refractivity (Wildman–Crippen MR) is 70.5 cm³/mol. The number of halogens is 1. The molecule has 0 aliphatic rings. The molecule has 9 heteroatoms. The SMILES string of the molecule is O=C(NCCc1cnc[nH]1)c1ccnc(Cl)c1[N+](=O)[O-]. The molecule has 20 heavy (non-hydrogen) atoms. The highest BCUT2D eigenvalue weighted by Gasteiger charge is 2.24. The Labute approximate surface area is 118 Å². The molecule has 0 unspecified atom stereocenters. The first-order valence-electron chi connectivity index (χ1n) is 5.64. The van der Waals surface area contributed by atoms with Crippen LogP contribution in [0.4, 0.5) is 5.69 Å². The average Bonchev–Trinajstić information content (AvgIpc) is 2.91. The number of hydrogen-bond acceptors (Lipinski definition) is 5. The van der Waals surface area contributed by atoms with E-state index < -0.39 is 16.5 Å². The van der Waals surface area contributed by atoms with E-state index in [1.165, 1.54) is 18.6 Å². The Morgan fingerprint density at radius 2 is 2.35 bits per heavy atom. The Bertz CT molecular complexity index is 629. The molecule has 0 saturated heterocycles. The molecule has 2 heterocycles. The molecule has 0 saturated carbocycles. The Hall–Kier alpha value is -2.48. The van der Waals surface area contributed by atoms with E-state index in [4.69, 9.17) is 11.6 Å². The van der Waals surface area contributed by atoms with Crippen LogP contribution in [0.5, 0.6) is 0 Å². The lowest BCUT2D eigenvalue weighted by Crippen LogP contribution is -2.26. The van der Waals surface area contributed by atoms with Crippen LogP contribution in [0, 0.1) is 10.1 Å². The summed E-state index contributed by atoms with van der Waals surface area (Å²) in [5.41, 5.74) is 0.250. The van der Waals surface area contributed by atoms with Gasteiger partial charge in [-0.3, -0.25) is 14.9 Å². The van der Waals surface area contributed by atoms with E-state index in [1.54, 1.807) is 6.20 Å². The number of nitrogens with zero attached hydrogens (tertiary/aromatic N) is 3. The molecule has 1 amide bonds. The van der Waals surface area contributed by atoms with Crippen molar-refractivity contribution in [2.45, 2.75) is 6.42 Å². The highest BCUT2D eigenvalue weighted by atomic mass is 35.5. The Kier molecular flexibility index (Phi) is 4.26. The van der Waals surface area contributed by atoms with Crippen molar-refractivity contribution >= 4 is 23.2 Å². The van der Waals surface area contributed by atoms with Gasteiger partial charge < -0.3 is 10.3 Å². The third-order valence-corrected chi connectivity index (χ3v) is 2.82. The summed E-state index contributed by atoms with van der Waals surface area (Å²) >= 11 is 5.64. The fourth-order valence-electron chi connectivity index (χ4n) is 1.61. The van der Waals surface area contributed by atoms with Gasteiger partial charge >= 0.3 is 5.69 Å². The van der Waals surface area contributed by atoms with E-state index in [2.05, 4.69) is 20.3 Å². The quantitative estimate of drug-likeness (QED) is 0.491. The highest BCUT2D eigenvalue weighted by Crippen LogP contribution is 2.25. The van der Waals surface area contributed by atoms with E-state index in [9.17, 15) is 14.9 Å². The van der Waals surface area contributed by atoms with Crippen LogP contribution in [-0.2, 0) is 6.42 Å². The fraction of sp³-hybridized carbons (Fsp3) is 0.182. The molecule has 2 aromatic rings. The summed E-state index contributed by atoms with van der Waals surface area (Å²) in [5.74, 6) is -0.569. The van der Waals surface area contributed by atoms with Crippen molar-refractivity contribution in [2.24, 2.45) is 0 Å². The lowest BCUT2D eigenvalue weighted by atomic mass is 10.2. The highest BCUT2D eigenvalue weighted by molar-refractivity contribution is 6.32. The van der Waals surface area contributed by atoms with Gasteiger partial charge in [0.25, 0.3) is 5.91 Å². The smallest absolute Gasteiger partial charge is 0.319 e. The largest absolute Gasteiger partial charge is 0.351 e. The topological polar surface area (TPSA) is 114 Å². The molecule has 0 fully saturated rings. The van der Waals surface area contributed by atoms with Gasteiger partial charge in [0.05, 0.1) is 11.3 Å². The van der Waals surface area contributed by atoms with E-state index in [-0.39, 0.29) is 10.7 Å². The maximum absolute atomic E-state index is 11.9. The van der Waals surface area contributed by atoms with Crippen LogP contribution in [0.3, 0.4) is 0 Å². The number of nitro groups is 1. The molecule has 0 radical (unpaired) electrons. The molecule has 2 rings (SSSR count). The number of hydrogen-bond donors (Lipinski definition) is 2. The summed E-state index contributed by atoms with van der Waals surface area (Å²) in [4.78, 5) is 32.4. The molecule has 2 N–H and O–H groups in total. The molecule has 0 aliphatic heterocycles. The van der Waals surface area contributed by atoms with Crippen molar-refractivity contribution in [3.63, 3.8) is 0 Å². The lowest BCUT2D eigenvalue weighted by Gasteiger charge is -2.05. The first-order valence-corrected chi connectivity index (χ1v) is 6.01. The van der Waals surface area contributed by atoms with Gasteiger partial charge in [0, 0.05) is 31.1 Å². The maximum Gasteiger partial charge on any atom is 0.319 e. The number of pyridine rings is 1. The van der Waals surface area contributed by atoms with Crippen molar-refractivity contribution in [1.29, 1.82) is 0 Å². The van der Waals surface area contributed by atoms with Crippen molar-refractivity contribution < 1.29 is 9.72 Å². The average molecular weight is 296 g/mol. The third kappa shape index (κ3) is 3.09. The van der Waals surface area contributed by atoms with Crippen molar-refractivity contribution in [1.82, 2.24) is 20.3 Å². The van der Waals surface area contributed by atoms with Crippen LogP contribution in [0.2, 0.25) is 5.15 Å². The third-order valence-electron chi connectivity index (χ3n) is 2.54. The summed E-state index contributed by atoms with van der Waals surface area (Å²) in [5, 5.41) is 13.2. The van der Waals surface area contributed by atoms with Gasteiger partial charge in [-0.1, -0.05) is 11.6 Å². The second-order valence-corrected chi connectivity index (χ2v) is 4.20. The number of imidazole rings is 1. The number of aromatic nitrogens is 3. The van der Waals surface area contributed by atoms with Gasteiger partial charge in [0.15, 0.2) is 0 Å². The summed E-state index contributed by atoms with van der Waals surface area (Å²) in [6.45, 7) is 0.318. The van der Waals surface area contributed by atoms with E-state index in [1.807, 2.05) is 0 Å². The zero-order chi connectivity index (χ0) is 14.5. The van der Waals surface area contributed by atoms with E-state index in [0.29, 0.717) is 13.0 Å². The van der Waals surface area contributed by atoms with Crippen molar-refractivity contribution in [3.05, 3.63) is 51.3 Å². The van der Waals surface area contributed by atoms with Gasteiger partial charge in [0.2, 0.25) is 5.15 Å². The molecule has 0 aromatic carbocycles. The Morgan fingerprint density at radius 1 is 1.55 bits per heavy atom. The van der Waals surface area contributed by atoms with E-state index >= 15 is 0 Å². The molecular weight excluding hydrogens is 286 g/mol. The zero-order valence-corrected chi connectivity index (χ0v) is 10.9. The number of nitrogens with one attached hydrogen (secondary N) is 2. The fourth-order valence-corrected chi connectivity index (χ4v) is 1.84. The van der Waals surface area contributed by atoms with Gasteiger partial charge in [-0.2, -0.15) is 0 Å². The van der Waals surface area contributed by atoms with Crippen LogP contribution in [-0.4, -0.2) is 32.3 Å². The number of carbonyl (C=O) groups is 1.